The summed E-state index contributed by atoms with van der Waals surface area (Å²) in [7, 11) is 1.62. The highest BCUT2D eigenvalue weighted by Gasteiger charge is 2.34. The maximum Gasteiger partial charge on any atom is 0.308 e. The number of ether oxygens (including phenoxy) is 2. The Morgan fingerprint density at radius 3 is 2.52 bits per heavy atom. The van der Waals surface area contributed by atoms with Gasteiger partial charge in [-0.3, -0.25) is 14.4 Å². The molecule has 0 radical (unpaired) electrons. The summed E-state index contributed by atoms with van der Waals surface area (Å²) in [5.41, 5.74) is 3.26. The van der Waals surface area contributed by atoms with E-state index in [0.29, 0.717) is 16.7 Å². The van der Waals surface area contributed by atoms with E-state index in [1.807, 2.05) is 49.6 Å². The number of fused-ring (bicyclic) bond motifs is 3. The number of aliphatic imine (C=N–C) groups is 1. The van der Waals surface area contributed by atoms with Crippen molar-refractivity contribution in [3.8, 4) is 5.00 Å². The molecule has 0 N–H and O–H groups in total. The molecular formula is C24H27ClN4O3S. The number of hydrogen-bond donors (Lipinski definition) is 0. The Hall–Kier alpha value is -2.55. The normalized spacial score (nSPS) is 15.5. The van der Waals surface area contributed by atoms with Crippen LogP contribution < -0.4 is 0 Å². The number of aryl methyl sites for hydroxylation is 1. The number of carbonyl (C=O) groups excluding carboxylic acids is 1. The average Bonchev–Trinajstić information content (AvgIpc) is 3.22. The summed E-state index contributed by atoms with van der Waals surface area (Å²) in [6.45, 7) is 10.0. The molecule has 3 aromatic rings. The minimum Gasteiger partial charge on any atom is -0.460 e. The predicted molar refractivity (Wildman–Crippen MR) is 130 cm³/mol. The van der Waals surface area contributed by atoms with Crippen LogP contribution in [0.5, 0.6) is 0 Å². The summed E-state index contributed by atoms with van der Waals surface area (Å²) < 4.78 is 13.0. The van der Waals surface area contributed by atoms with Crippen LogP contribution in [0.4, 0.5) is 0 Å². The van der Waals surface area contributed by atoms with Crippen molar-refractivity contribution in [2.75, 3.05) is 7.11 Å². The van der Waals surface area contributed by atoms with Gasteiger partial charge in [0, 0.05) is 28.1 Å². The molecule has 2 aromatic heterocycles. The number of carbonyl (C=O) groups is 1. The molecule has 0 spiro atoms. The third-order valence-corrected chi connectivity index (χ3v) is 6.76. The summed E-state index contributed by atoms with van der Waals surface area (Å²) in [5, 5.41) is 10.4. The van der Waals surface area contributed by atoms with E-state index in [1.165, 1.54) is 4.88 Å². The monoisotopic (exact) mass is 486 g/mol. The van der Waals surface area contributed by atoms with Crippen LogP contribution in [0.3, 0.4) is 0 Å². The lowest BCUT2D eigenvalue weighted by Gasteiger charge is -2.21. The summed E-state index contributed by atoms with van der Waals surface area (Å²) >= 11 is 7.81. The second kappa shape index (κ2) is 9.00. The molecule has 9 heteroatoms. The fourth-order valence-electron chi connectivity index (χ4n) is 3.82. The Morgan fingerprint density at radius 1 is 1.18 bits per heavy atom. The Bertz CT molecular complexity index is 1220. The first kappa shape index (κ1) is 23.6. The maximum atomic E-state index is 12.8. The molecule has 0 amide bonds. The van der Waals surface area contributed by atoms with Gasteiger partial charge in [-0.05, 0) is 52.3 Å². The molecule has 7 nitrogen and oxygen atoms in total. The zero-order valence-electron chi connectivity index (χ0n) is 19.6. The quantitative estimate of drug-likeness (QED) is 0.453. The van der Waals surface area contributed by atoms with Crippen molar-refractivity contribution in [3.05, 3.63) is 62.5 Å². The molecule has 0 fully saturated rings. The third-order valence-electron chi connectivity index (χ3n) is 5.32. The Kier molecular flexibility index (Phi) is 6.44. The molecule has 0 saturated carbocycles. The first-order valence-electron chi connectivity index (χ1n) is 10.7. The summed E-state index contributed by atoms with van der Waals surface area (Å²) in [6.07, 6.45) is 0.0481. The van der Waals surface area contributed by atoms with Crippen molar-refractivity contribution < 1.29 is 14.3 Å². The number of rotatable bonds is 5. The van der Waals surface area contributed by atoms with Gasteiger partial charge in [-0.1, -0.05) is 23.7 Å². The lowest BCUT2D eigenvalue weighted by atomic mass is 9.99. The van der Waals surface area contributed by atoms with Gasteiger partial charge in [-0.15, -0.1) is 21.5 Å². The summed E-state index contributed by atoms with van der Waals surface area (Å²) in [4.78, 5) is 19.1. The molecule has 1 aromatic carbocycles. The molecule has 0 saturated heterocycles. The SMILES string of the molecule is COCc1nnc2n1-c1sc(C)c(C)c1C(c1ccc(Cl)cc1)=N[C@@H]2CC(=O)OC(C)(C)C. The number of nitrogens with zero attached hydrogens (tertiary/aromatic N) is 4. The van der Waals surface area contributed by atoms with Crippen LogP contribution >= 0.6 is 22.9 Å². The van der Waals surface area contributed by atoms with Crippen molar-refractivity contribution in [2.24, 2.45) is 4.99 Å². The van der Waals surface area contributed by atoms with Gasteiger partial charge in [0.05, 0.1) is 12.1 Å². The molecule has 4 rings (SSSR count). The second-order valence-electron chi connectivity index (χ2n) is 9.00. The van der Waals surface area contributed by atoms with E-state index >= 15 is 0 Å². The molecule has 3 heterocycles. The maximum absolute atomic E-state index is 12.8. The molecule has 1 aliphatic heterocycles. The van der Waals surface area contributed by atoms with Gasteiger partial charge in [0.15, 0.2) is 11.6 Å². The summed E-state index contributed by atoms with van der Waals surface area (Å²) in [6, 6.07) is 7.02. The molecule has 1 aliphatic rings. The molecular weight excluding hydrogens is 460 g/mol. The number of esters is 1. The number of halogens is 1. The zero-order chi connectivity index (χ0) is 23.9. The van der Waals surface area contributed by atoms with Gasteiger partial charge in [0.25, 0.3) is 0 Å². The van der Waals surface area contributed by atoms with Crippen molar-refractivity contribution in [2.45, 2.75) is 59.3 Å². The van der Waals surface area contributed by atoms with Gasteiger partial charge in [-0.25, -0.2) is 0 Å². The van der Waals surface area contributed by atoms with E-state index in [2.05, 4.69) is 24.0 Å². The lowest BCUT2D eigenvalue weighted by molar-refractivity contribution is -0.155. The average molecular weight is 487 g/mol. The highest BCUT2D eigenvalue weighted by atomic mass is 35.5. The second-order valence-corrected chi connectivity index (χ2v) is 10.6. The van der Waals surface area contributed by atoms with Gasteiger partial charge in [-0.2, -0.15) is 0 Å². The highest BCUT2D eigenvalue weighted by molar-refractivity contribution is 7.15. The van der Waals surface area contributed by atoms with Crippen molar-refractivity contribution in [1.29, 1.82) is 0 Å². The van der Waals surface area contributed by atoms with Gasteiger partial charge >= 0.3 is 5.97 Å². The van der Waals surface area contributed by atoms with Gasteiger partial charge < -0.3 is 9.47 Å². The Labute approximate surface area is 202 Å². The largest absolute Gasteiger partial charge is 0.460 e. The predicted octanol–water partition coefficient (Wildman–Crippen LogP) is 5.37. The third kappa shape index (κ3) is 4.74. The smallest absolute Gasteiger partial charge is 0.308 e. The Balaban J connectivity index is 1.93. The standard InChI is InChI=1S/C24H27ClN4O3S/c1-13-14(2)33-23-20(13)21(15-7-9-16(25)10-8-15)26-17(11-19(30)32-24(3,4)5)22-28-27-18(12-31-6)29(22)23/h7-10,17H,11-12H2,1-6H3/t17-/m1/s1. The van der Waals surface area contributed by atoms with Gasteiger partial charge in [0.2, 0.25) is 0 Å². The number of thiophene rings is 1. The zero-order valence-corrected chi connectivity index (χ0v) is 21.2. The number of benzene rings is 1. The molecule has 174 valence electrons. The number of methoxy groups -OCH3 is 1. The topological polar surface area (TPSA) is 78.6 Å². The molecule has 0 aliphatic carbocycles. The molecule has 1 atom stereocenters. The van der Waals surface area contributed by atoms with E-state index < -0.39 is 11.6 Å². The van der Waals surface area contributed by atoms with E-state index in [1.54, 1.807) is 18.4 Å². The van der Waals surface area contributed by atoms with Crippen LogP contribution in [0.15, 0.2) is 29.3 Å². The minimum atomic E-state index is -0.592. The van der Waals surface area contributed by atoms with Crippen molar-refractivity contribution in [1.82, 2.24) is 14.8 Å². The minimum absolute atomic E-state index is 0.0481. The van der Waals surface area contributed by atoms with E-state index in [-0.39, 0.29) is 19.0 Å². The Morgan fingerprint density at radius 2 is 1.88 bits per heavy atom. The first-order valence-corrected chi connectivity index (χ1v) is 11.9. The van der Waals surface area contributed by atoms with Gasteiger partial charge in [0.1, 0.15) is 23.3 Å². The molecule has 0 unspecified atom stereocenters. The van der Waals surface area contributed by atoms with Crippen LogP contribution in [0.2, 0.25) is 5.02 Å². The van der Waals surface area contributed by atoms with Crippen molar-refractivity contribution in [3.63, 3.8) is 0 Å². The number of hydrogen-bond acceptors (Lipinski definition) is 7. The van der Waals surface area contributed by atoms with Crippen LogP contribution in [0.25, 0.3) is 5.00 Å². The molecule has 0 bridgehead atoms. The molecule has 33 heavy (non-hydrogen) atoms. The van der Waals surface area contributed by atoms with Crippen molar-refractivity contribution >= 4 is 34.6 Å². The van der Waals surface area contributed by atoms with Crippen LogP contribution in [-0.2, 0) is 20.9 Å². The van der Waals surface area contributed by atoms with E-state index in [0.717, 1.165) is 27.4 Å². The lowest BCUT2D eigenvalue weighted by Crippen LogP contribution is -2.25. The van der Waals surface area contributed by atoms with Crippen LogP contribution in [0.1, 0.15) is 66.5 Å². The van der Waals surface area contributed by atoms with E-state index in [4.69, 9.17) is 26.1 Å². The number of aromatic nitrogens is 3. The summed E-state index contributed by atoms with van der Waals surface area (Å²) in [5.74, 6) is 0.920. The van der Waals surface area contributed by atoms with E-state index in [9.17, 15) is 4.79 Å². The van der Waals surface area contributed by atoms with Crippen LogP contribution in [-0.4, -0.2) is 39.2 Å². The first-order chi connectivity index (χ1) is 15.6. The van der Waals surface area contributed by atoms with Crippen LogP contribution in [0, 0.1) is 13.8 Å². The fraction of sp³-hybridized carbons (Fsp3) is 0.417. The highest BCUT2D eigenvalue weighted by Crippen LogP contribution is 2.40. The fourth-order valence-corrected chi connectivity index (χ4v) is 5.13.